The topological polar surface area (TPSA) is 125 Å². The molecule has 10 nitrogen and oxygen atoms in total. The summed E-state index contributed by atoms with van der Waals surface area (Å²) in [6.45, 7) is 11.1. The number of hydrogen-bond donors (Lipinski definition) is 0. The van der Waals surface area contributed by atoms with E-state index in [0.717, 1.165) is 15.7 Å². The van der Waals surface area contributed by atoms with Crippen LogP contribution in [-0.4, -0.2) is 36.5 Å². The minimum absolute atomic E-state index is 0.0628. The number of benzene rings is 1. The third-order valence-corrected chi connectivity index (χ3v) is 8.32. The molecule has 3 heterocycles. The molecule has 11 heteroatoms. The number of aryl methyl sites for hydroxylation is 2. The molecule has 1 atom stereocenters. The van der Waals surface area contributed by atoms with E-state index in [4.69, 9.17) is 10.00 Å². The van der Waals surface area contributed by atoms with E-state index in [1.165, 1.54) is 20.7 Å². The molecule has 0 saturated carbocycles. The summed E-state index contributed by atoms with van der Waals surface area (Å²) in [5.74, 6) is -0.136. The van der Waals surface area contributed by atoms with Crippen LogP contribution in [-0.2, 0) is 21.6 Å². The van der Waals surface area contributed by atoms with Gasteiger partial charge >= 0.3 is 5.69 Å². The number of rotatable bonds is 11. The fraction of sp³-hybridized carbons (Fsp3) is 0.448. The second-order valence-electron chi connectivity index (χ2n) is 10.8. The number of nitrogens with zero attached hydrogens (tertiary/aromatic N) is 6. The maximum Gasteiger partial charge on any atom is 0.333 e. The molecule has 0 saturated heterocycles. The molecule has 0 amide bonds. The molecule has 3 aromatic heterocycles. The van der Waals surface area contributed by atoms with Crippen LogP contribution in [0.2, 0.25) is 0 Å². The largest absolute Gasteiger partial charge is 0.371 e. The first-order valence-electron chi connectivity index (χ1n) is 13.2. The van der Waals surface area contributed by atoms with Gasteiger partial charge in [-0.25, -0.2) is 9.36 Å². The first kappa shape index (κ1) is 29.1. The van der Waals surface area contributed by atoms with Crippen molar-refractivity contribution in [3.05, 3.63) is 74.2 Å². The lowest BCUT2D eigenvalue weighted by atomic mass is 9.91. The standard InChI is InChI=1S/C29H34N6O4S/c1-18(2)16-23(36)29(5,6)34-25(37)24-20(4)26(35-31-13-14-32-35)40-27(24)33(28(34)38)17-22(39-15-9-12-30)21-11-8-7-10-19(21)3/h7-8,10-11,13-14,18,22H,9,15-17H2,1-6H3/t22-/m0/s1. The first-order valence-corrected chi connectivity index (χ1v) is 14.0. The molecule has 4 aromatic rings. The van der Waals surface area contributed by atoms with Gasteiger partial charge in [0.2, 0.25) is 0 Å². The zero-order valence-corrected chi connectivity index (χ0v) is 24.5. The number of aromatic nitrogens is 5. The number of thiophene rings is 1. The highest BCUT2D eigenvalue weighted by molar-refractivity contribution is 7.21. The van der Waals surface area contributed by atoms with Gasteiger partial charge in [-0.1, -0.05) is 49.4 Å². The Balaban J connectivity index is 2.01. The van der Waals surface area contributed by atoms with Gasteiger partial charge in [-0.2, -0.15) is 15.5 Å². The Hall–Kier alpha value is -3.88. The average molecular weight is 563 g/mol. The molecule has 0 N–H and O–H groups in total. The van der Waals surface area contributed by atoms with Crippen LogP contribution in [0.4, 0.5) is 0 Å². The van der Waals surface area contributed by atoms with Crippen LogP contribution in [0.1, 0.15) is 63.3 Å². The molecule has 210 valence electrons. The van der Waals surface area contributed by atoms with Crippen molar-refractivity contribution in [2.24, 2.45) is 5.92 Å². The minimum atomic E-state index is -1.38. The highest BCUT2D eigenvalue weighted by Crippen LogP contribution is 2.33. The molecule has 40 heavy (non-hydrogen) atoms. The Labute approximate surface area is 236 Å². The van der Waals surface area contributed by atoms with E-state index >= 15 is 0 Å². The average Bonchev–Trinajstić information content (AvgIpc) is 3.53. The minimum Gasteiger partial charge on any atom is -0.371 e. The van der Waals surface area contributed by atoms with Crippen molar-refractivity contribution in [1.29, 1.82) is 5.26 Å². The first-order chi connectivity index (χ1) is 19.0. The molecule has 0 aliphatic heterocycles. The monoisotopic (exact) mass is 562 g/mol. The Morgan fingerprint density at radius 1 is 1.15 bits per heavy atom. The second-order valence-corrected chi connectivity index (χ2v) is 11.7. The van der Waals surface area contributed by atoms with E-state index in [1.807, 2.05) is 45.0 Å². The van der Waals surface area contributed by atoms with Gasteiger partial charge in [-0.15, -0.1) is 4.80 Å². The van der Waals surface area contributed by atoms with Gasteiger partial charge in [-0.3, -0.25) is 14.2 Å². The zero-order valence-electron chi connectivity index (χ0n) is 23.7. The van der Waals surface area contributed by atoms with E-state index in [0.29, 0.717) is 20.8 Å². The van der Waals surface area contributed by atoms with Crippen molar-refractivity contribution in [1.82, 2.24) is 24.1 Å². The fourth-order valence-corrected chi connectivity index (χ4v) is 6.07. The second kappa shape index (κ2) is 11.7. The molecule has 0 aliphatic rings. The molecule has 0 bridgehead atoms. The number of carbonyl (C=O) groups is 1. The third-order valence-electron chi connectivity index (χ3n) is 7.04. The third kappa shape index (κ3) is 5.42. The maximum absolute atomic E-state index is 14.3. The van der Waals surface area contributed by atoms with Crippen LogP contribution >= 0.6 is 11.3 Å². The van der Waals surface area contributed by atoms with E-state index in [1.54, 1.807) is 33.2 Å². The van der Waals surface area contributed by atoms with Crippen molar-refractivity contribution in [3.63, 3.8) is 0 Å². The van der Waals surface area contributed by atoms with Gasteiger partial charge in [0.05, 0.1) is 43.4 Å². The maximum atomic E-state index is 14.3. The van der Waals surface area contributed by atoms with Crippen molar-refractivity contribution < 1.29 is 9.53 Å². The summed E-state index contributed by atoms with van der Waals surface area (Å²) in [6.07, 6.45) is 2.92. The molecule has 1 aromatic carbocycles. The molecular formula is C29H34N6O4S. The van der Waals surface area contributed by atoms with Crippen LogP contribution in [0.15, 0.2) is 46.2 Å². The fourth-order valence-electron chi connectivity index (χ4n) is 4.85. The Kier molecular flexibility index (Phi) is 8.51. The molecule has 0 unspecified atom stereocenters. The molecule has 4 rings (SSSR count). The summed E-state index contributed by atoms with van der Waals surface area (Å²) in [5, 5.41) is 18.5. The number of nitriles is 1. The predicted octanol–water partition coefficient (Wildman–Crippen LogP) is 4.44. The van der Waals surface area contributed by atoms with Crippen molar-refractivity contribution in [2.45, 2.75) is 72.6 Å². The van der Waals surface area contributed by atoms with E-state index in [9.17, 15) is 14.4 Å². The van der Waals surface area contributed by atoms with E-state index < -0.39 is 22.9 Å². The Morgan fingerprint density at radius 3 is 2.45 bits per heavy atom. The summed E-state index contributed by atoms with van der Waals surface area (Å²) < 4.78 is 8.77. The predicted molar refractivity (Wildman–Crippen MR) is 154 cm³/mol. The number of ketones is 1. The molecular weight excluding hydrogens is 528 g/mol. The number of Topliss-reactive ketones (excluding diaryl/α,β-unsaturated/α-hetero) is 1. The van der Waals surface area contributed by atoms with Crippen LogP contribution in [0.3, 0.4) is 0 Å². The Bertz CT molecular complexity index is 1690. The van der Waals surface area contributed by atoms with Crippen LogP contribution in [0, 0.1) is 31.1 Å². The van der Waals surface area contributed by atoms with E-state index in [-0.39, 0.29) is 37.7 Å². The highest BCUT2D eigenvalue weighted by Gasteiger charge is 2.36. The number of ether oxygens (including phenoxy) is 1. The van der Waals surface area contributed by atoms with Crippen LogP contribution < -0.4 is 11.2 Å². The van der Waals surface area contributed by atoms with Gasteiger partial charge in [-0.05, 0) is 44.7 Å². The molecule has 0 spiro atoms. The van der Waals surface area contributed by atoms with Crippen LogP contribution in [0.5, 0.6) is 0 Å². The number of fused-ring (bicyclic) bond motifs is 1. The SMILES string of the molecule is Cc1ccccc1[C@H](Cn1c(=O)n(C(C)(C)C(=O)CC(C)C)c(=O)c2c(C)c(-n3nccn3)sc21)OCCC#N. The van der Waals surface area contributed by atoms with Gasteiger partial charge in [0.15, 0.2) is 5.78 Å². The van der Waals surface area contributed by atoms with Gasteiger partial charge in [0.25, 0.3) is 5.56 Å². The lowest BCUT2D eigenvalue weighted by Crippen LogP contribution is -2.53. The normalized spacial score (nSPS) is 12.7. The quantitative estimate of drug-likeness (QED) is 0.247. The lowest BCUT2D eigenvalue weighted by molar-refractivity contribution is -0.127. The smallest absolute Gasteiger partial charge is 0.333 e. The number of carbonyl (C=O) groups excluding carboxylic acids is 1. The zero-order chi connectivity index (χ0) is 29.2. The molecule has 0 aliphatic carbocycles. The highest BCUT2D eigenvalue weighted by atomic mass is 32.1. The van der Waals surface area contributed by atoms with Gasteiger partial charge < -0.3 is 4.74 Å². The van der Waals surface area contributed by atoms with Crippen molar-refractivity contribution in [2.75, 3.05) is 6.61 Å². The van der Waals surface area contributed by atoms with Crippen molar-refractivity contribution >= 4 is 27.3 Å². The summed E-state index contributed by atoms with van der Waals surface area (Å²) in [4.78, 5) is 43.6. The summed E-state index contributed by atoms with van der Waals surface area (Å²) in [6, 6.07) is 9.80. The van der Waals surface area contributed by atoms with Gasteiger partial charge in [0.1, 0.15) is 21.5 Å². The number of hydrogen-bond acceptors (Lipinski definition) is 8. The summed E-state index contributed by atoms with van der Waals surface area (Å²) >= 11 is 1.24. The Morgan fingerprint density at radius 2 is 1.82 bits per heavy atom. The summed E-state index contributed by atoms with van der Waals surface area (Å²) in [7, 11) is 0. The lowest BCUT2D eigenvalue weighted by Gasteiger charge is -2.28. The summed E-state index contributed by atoms with van der Waals surface area (Å²) in [5.41, 5.74) is -0.0404. The van der Waals surface area contributed by atoms with E-state index in [2.05, 4.69) is 16.3 Å². The van der Waals surface area contributed by atoms with Crippen molar-refractivity contribution in [3.8, 4) is 11.1 Å². The molecule has 0 radical (unpaired) electrons. The van der Waals surface area contributed by atoms with Gasteiger partial charge in [0, 0.05) is 12.0 Å². The molecule has 0 fully saturated rings. The van der Waals surface area contributed by atoms with Crippen LogP contribution in [0.25, 0.3) is 15.2 Å².